The van der Waals surface area contributed by atoms with Crippen LogP contribution in [0.5, 0.6) is 0 Å². The third-order valence-corrected chi connectivity index (χ3v) is 3.81. The molecule has 2 heteroatoms. The second-order valence-electron chi connectivity index (χ2n) is 3.34. The lowest BCUT2D eigenvalue weighted by molar-refractivity contribution is 0.157. The number of hydrogen-bond acceptors (Lipinski definition) is 2. The van der Waals surface area contributed by atoms with E-state index in [1.54, 1.807) is 0 Å². The molecule has 1 heterocycles. The van der Waals surface area contributed by atoms with Gasteiger partial charge in [0.25, 0.3) is 0 Å². The van der Waals surface area contributed by atoms with Crippen molar-refractivity contribution in [3.63, 3.8) is 0 Å². The summed E-state index contributed by atoms with van der Waals surface area (Å²) in [6, 6.07) is 0. The van der Waals surface area contributed by atoms with Crippen molar-refractivity contribution in [2.45, 2.75) is 43.5 Å². The molecule has 12 heavy (non-hydrogen) atoms. The van der Waals surface area contributed by atoms with Gasteiger partial charge in [-0.3, -0.25) is 0 Å². The summed E-state index contributed by atoms with van der Waals surface area (Å²) in [4.78, 5) is 0. The van der Waals surface area contributed by atoms with E-state index >= 15 is 0 Å². The normalized spacial score (nSPS) is 26.6. The number of aliphatic hydroxyl groups is 1. The first-order valence-electron chi connectivity index (χ1n) is 4.75. The standard InChI is InChI=1S/C10H18OS/c1-2-3-6-9(11)10-7-4-5-8-12-10/h2,9-11H,1,3-8H2. The van der Waals surface area contributed by atoms with E-state index in [2.05, 4.69) is 6.58 Å². The lowest BCUT2D eigenvalue weighted by Crippen LogP contribution is -2.25. The Morgan fingerprint density at radius 1 is 1.58 bits per heavy atom. The summed E-state index contributed by atoms with van der Waals surface area (Å²) in [6.07, 6.45) is 7.44. The summed E-state index contributed by atoms with van der Waals surface area (Å²) >= 11 is 1.94. The number of rotatable bonds is 4. The largest absolute Gasteiger partial charge is 0.392 e. The van der Waals surface area contributed by atoms with Gasteiger partial charge in [0.1, 0.15) is 0 Å². The lowest BCUT2D eigenvalue weighted by atomic mass is 10.1. The molecule has 1 rings (SSSR count). The van der Waals surface area contributed by atoms with E-state index in [1.165, 1.54) is 25.0 Å². The molecule has 2 unspecified atom stereocenters. The molecule has 0 aromatic carbocycles. The van der Waals surface area contributed by atoms with Crippen LogP contribution < -0.4 is 0 Å². The molecule has 1 N–H and O–H groups in total. The van der Waals surface area contributed by atoms with Gasteiger partial charge in [-0.05, 0) is 31.4 Å². The first kappa shape index (κ1) is 10.1. The first-order valence-corrected chi connectivity index (χ1v) is 5.80. The Morgan fingerprint density at radius 3 is 3.00 bits per heavy atom. The van der Waals surface area contributed by atoms with E-state index in [9.17, 15) is 5.11 Å². The van der Waals surface area contributed by atoms with Gasteiger partial charge >= 0.3 is 0 Å². The van der Waals surface area contributed by atoms with Gasteiger partial charge in [0.2, 0.25) is 0 Å². The van der Waals surface area contributed by atoms with Crippen molar-refractivity contribution < 1.29 is 5.11 Å². The molecule has 70 valence electrons. The zero-order valence-corrected chi connectivity index (χ0v) is 8.35. The van der Waals surface area contributed by atoms with Gasteiger partial charge in [0.05, 0.1) is 6.10 Å². The van der Waals surface area contributed by atoms with Crippen LogP contribution in [0.25, 0.3) is 0 Å². The average molecular weight is 186 g/mol. The molecule has 0 aliphatic carbocycles. The molecular formula is C10H18OS. The maximum atomic E-state index is 9.74. The molecule has 1 aliphatic heterocycles. The summed E-state index contributed by atoms with van der Waals surface area (Å²) in [7, 11) is 0. The lowest BCUT2D eigenvalue weighted by Gasteiger charge is -2.25. The minimum absolute atomic E-state index is 0.103. The van der Waals surface area contributed by atoms with E-state index < -0.39 is 0 Å². The van der Waals surface area contributed by atoms with Gasteiger partial charge < -0.3 is 5.11 Å². The summed E-state index contributed by atoms with van der Waals surface area (Å²) < 4.78 is 0. The van der Waals surface area contributed by atoms with Crippen molar-refractivity contribution in [3.05, 3.63) is 12.7 Å². The van der Waals surface area contributed by atoms with E-state index in [4.69, 9.17) is 0 Å². The van der Waals surface area contributed by atoms with Gasteiger partial charge in [0, 0.05) is 5.25 Å². The Bertz CT molecular complexity index is 130. The molecule has 0 saturated carbocycles. The van der Waals surface area contributed by atoms with Gasteiger partial charge in [0.15, 0.2) is 0 Å². The van der Waals surface area contributed by atoms with Crippen molar-refractivity contribution in [1.82, 2.24) is 0 Å². The van der Waals surface area contributed by atoms with E-state index in [0.717, 1.165) is 12.8 Å². The molecule has 0 amide bonds. The summed E-state index contributed by atoms with van der Waals surface area (Å²) in [5, 5.41) is 10.2. The van der Waals surface area contributed by atoms with Crippen molar-refractivity contribution in [1.29, 1.82) is 0 Å². The highest BCUT2D eigenvalue weighted by atomic mass is 32.2. The quantitative estimate of drug-likeness (QED) is 0.681. The first-order chi connectivity index (χ1) is 5.84. The Balaban J connectivity index is 2.19. The number of hydrogen-bond donors (Lipinski definition) is 1. The predicted octanol–water partition coefficient (Wildman–Crippen LogP) is 2.60. The third kappa shape index (κ3) is 3.20. The smallest absolute Gasteiger partial charge is 0.0661 e. The Kier molecular flexibility index (Phi) is 4.77. The van der Waals surface area contributed by atoms with Crippen molar-refractivity contribution in [3.8, 4) is 0 Å². The molecule has 0 aromatic heterocycles. The molecule has 1 fully saturated rings. The SMILES string of the molecule is C=CCCC(O)C1CCCCS1. The Morgan fingerprint density at radius 2 is 2.42 bits per heavy atom. The van der Waals surface area contributed by atoms with Crippen LogP contribution in [-0.4, -0.2) is 22.2 Å². The van der Waals surface area contributed by atoms with Gasteiger partial charge in [-0.2, -0.15) is 11.8 Å². The highest BCUT2D eigenvalue weighted by Crippen LogP contribution is 2.28. The molecule has 0 aromatic rings. The van der Waals surface area contributed by atoms with Gasteiger partial charge in [-0.15, -0.1) is 6.58 Å². The summed E-state index contributed by atoms with van der Waals surface area (Å²) in [6.45, 7) is 3.66. The summed E-state index contributed by atoms with van der Waals surface area (Å²) in [5.74, 6) is 1.23. The zero-order chi connectivity index (χ0) is 8.81. The van der Waals surface area contributed by atoms with Gasteiger partial charge in [-0.25, -0.2) is 0 Å². The minimum Gasteiger partial charge on any atom is -0.392 e. The van der Waals surface area contributed by atoms with Crippen LogP contribution in [0, 0.1) is 0 Å². The van der Waals surface area contributed by atoms with Crippen LogP contribution >= 0.6 is 11.8 Å². The summed E-state index contributed by atoms with van der Waals surface area (Å²) in [5.41, 5.74) is 0. The fraction of sp³-hybridized carbons (Fsp3) is 0.800. The monoisotopic (exact) mass is 186 g/mol. The molecular weight excluding hydrogens is 168 g/mol. The Hall–Kier alpha value is 0.0500. The van der Waals surface area contributed by atoms with Crippen LogP contribution in [0.4, 0.5) is 0 Å². The van der Waals surface area contributed by atoms with Crippen LogP contribution in [0.1, 0.15) is 32.1 Å². The van der Waals surface area contributed by atoms with Crippen LogP contribution in [0.3, 0.4) is 0 Å². The Labute approximate surface area is 79.2 Å². The number of aliphatic hydroxyl groups excluding tert-OH is 1. The highest BCUT2D eigenvalue weighted by molar-refractivity contribution is 8.00. The molecule has 1 nitrogen and oxygen atoms in total. The molecule has 0 bridgehead atoms. The van der Waals surface area contributed by atoms with Crippen molar-refractivity contribution >= 4 is 11.8 Å². The molecule has 0 radical (unpaired) electrons. The van der Waals surface area contributed by atoms with Crippen LogP contribution in [0.2, 0.25) is 0 Å². The van der Waals surface area contributed by atoms with Crippen LogP contribution in [0.15, 0.2) is 12.7 Å². The molecule has 0 spiro atoms. The van der Waals surface area contributed by atoms with Crippen LogP contribution in [-0.2, 0) is 0 Å². The molecule has 1 saturated heterocycles. The number of allylic oxidation sites excluding steroid dienone is 1. The fourth-order valence-electron chi connectivity index (χ4n) is 1.54. The highest BCUT2D eigenvalue weighted by Gasteiger charge is 2.21. The van der Waals surface area contributed by atoms with Crippen molar-refractivity contribution in [2.24, 2.45) is 0 Å². The number of thioether (sulfide) groups is 1. The average Bonchev–Trinajstić information content (AvgIpc) is 2.15. The maximum absolute atomic E-state index is 9.74. The van der Waals surface area contributed by atoms with E-state index in [-0.39, 0.29) is 6.10 Å². The van der Waals surface area contributed by atoms with E-state index in [1.807, 2.05) is 17.8 Å². The second kappa shape index (κ2) is 5.65. The molecule has 1 aliphatic rings. The molecule has 2 atom stereocenters. The zero-order valence-electron chi connectivity index (χ0n) is 7.54. The second-order valence-corrected chi connectivity index (χ2v) is 4.69. The van der Waals surface area contributed by atoms with Gasteiger partial charge in [-0.1, -0.05) is 12.5 Å². The van der Waals surface area contributed by atoms with E-state index in [0.29, 0.717) is 5.25 Å². The predicted molar refractivity (Wildman–Crippen MR) is 55.5 cm³/mol. The topological polar surface area (TPSA) is 20.2 Å². The third-order valence-electron chi connectivity index (χ3n) is 2.31. The van der Waals surface area contributed by atoms with Crippen molar-refractivity contribution in [2.75, 3.05) is 5.75 Å². The fourth-order valence-corrected chi connectivity index (χ4v) is 2.91. The minimum atomic E-state index is -0.103. The maximum Gasteiger partial charge on any atom is 0.0661 e.